The van der Waals surface area contributed by atoms with Gasteiger partial charge in [0.2, 0.25) is 0 Å². The summed E-state index contributed by atoms with van der Waals surface area (Å²) in [5.41, 5.74) is 0. The van der Waals surface area contributed by atoms with Gasteiger partial charge in [-0.1, -0.05) is 180 Å². The van der Waals surface area contributed by atoms with Crippen LogP contribution in [0.5, 0.6) is 0 Å². The lowest BCUT2D eigenvalue weighted by atomic mass is 10.1. The van der Waals surface area contributed by atoms with Crippen LogP contribution in [-0.2, 0) is 27.9 Å². The van der Waals surface area contributed by atoms with Crippen molar-refractivity contribution in [2.45, 2.75) is 174 Å². The zero-order valence-electron chi connectivity index (χ0n) is 41.9. The number of allylic oxidation sites excluding steroid dienone is 20. The summed E-state index contributed by atoms with van der Waals surface area (Å²) in [7, 11) is 1.62. The van der Waals surface area contributed by atoms with Gasteiger partial charge in [-0.3, -0.25) is 13.8 Å². The van der Waals surface area contributed by atoms with Crippen LogP contribution in [0.2, 0.25) is 0 Å². The number of ether oxygens (including phenoxy) is 2. The molecule has 0 radical (unpaired) electrons. The zero-order chi connectivity index (χ0) is 47.6. The van der Waals surface area contributed by atoms with Crippen molar-refractivity contribution in [3.8, 4) is 0 Å². The first-order valence-corrected chi connectivity index (χ1v) is 26.8. The number of carbonyl (C=O) groups excluding carboxylic acids is 1. The summed E-state index contributed by atoms with van der Waals surface area (Å²) in [4.78, 5) is 23.0. The van der Waals surface area contributed by atoms with Crippen molar-refractivity contribution in [1.29, 1.82) is 0 Å². The summed E-state index contributed by atoms with van der Waals surface area (Å²) >= 11 is 0. The average Bonchev–Trinajstić information content (AvgIpc) is 3.27. The highest BCUT2D eigenvalue weighted by Gasteiger charge is 2.26. The molecule has 0 saturated heterocycles. The van der Waals surface area contributed by atoms with Crippen LogP contribution in [0, 0.1) is 0 Å². The number of phosphoric acid groups is 1. The highest BCUT2D eigenvalue weighted by atomic mass is 31.2. The van der Waals surface area contributed by atoms with Crippen molar-refractivity contribution in [2.24, 2.45) is 0 Å². The molecule has 0 aromatic rings. The Kier molecular flexibility index (Phi) is 45.1. The van der Waals surface area contributed by atoms with Crippen LogP contribution < -0.4 is 0 Å². The van der Waals surface area contributed by atoms with Gasteiger partial charge in [0.1, 0.15) is 19.3 Å². The highest BCUT2D eigenvalue weighted by molar-refractivity contribution is 7.47. The van der Waals surface area contributed by atoms with Crippen LogP contribution in [-0.4, -0.2) is 75.6 Å². The number of hydrogen-bond acceptors (Lipinski definition) is 6. The molecule has 0 aliphatic carbocycles. The second-order valence-corrected chi connectivity index (χ2v) is 18.9. The summed E-state index contributed by atoms with van der Waals surface area (Å²) in [6.07, 6.45) is 68.1. The smallest absolute Gasteiger partial charge is 0.457 e. The first-order valence-electron chi connectivity index (χ1n) is 25.3. The average molecular weight is 925 g/mol. The van der Waals surface area contributed by atoms with E-state index in [1.807, 2.05) is 21.1 Å². The second-order valence-electron chi connectivity index (χ2n) is 17.4. The Hall–Kier alpha value is -3.10. The molecule has 0 aliphatic rings. The second kappa shape index (κ2) is 47.4. The van der Waals surface area contributed by atoms with E-state index in [-0.39, 0.29) is 32.2 Å². The maximum Gasteiger partial charge on any atom is 0.472 e. The van der Waals surface area contributed by atoms with Gasteiger partial charge < -0.3 is 18.9 Å². The lowest BCUT2D eigenvalue weighted by Gasteiger charge is -2.24. The molecule has 370 valence electrons. The lowest BCUT2D eigenvalue weighted by Crippen LogP contribution is -2.37. The molecular formula is C56H95NO7P+. The molecule has 0 spiro atoms. The largest absolute Gasteiger partial charge is 0.472 e. The van der Waals surface area contributed by atoms with Gasteiger partial charge in [-0.15, -0.1) is 0 Å². The van der Waals surface area contributed by atoms with Gasteiger partial charge in [-0.05, 0) is 103 Å². The van der Waals surface area contributed by atoms with Gasteiger partial charge in [-0.25, -0.2) is 4.57 Å². The van der Waals surface area contributed by atoms with E-state index in [9.17, 15) is 14.3 Å². The number of rotatable bonds is 45. The molecule has 0 fully saturated rings. The first kappa shape index (κ1) is 61.9. The number of nitrogens with zero attached hydrogens (tertiary/aromatic N) is 1. The predicted molar refractivity (Wildman–Crippen MR) is 279 cm³/mol. The summed E-state index contributed by atoms with van der Waals surface area (Å²) in [6.45, 7) is 5.30. The molecule has 1 N–H and O–H groups in total. The van der Waals surface area contributed by atoms with Gasteiger partial charge in [0, 0.05) is 13.0 Å². The van der Waals surface area contributed by atoms with E-state index in [0.29, 0.717) is 17.6 Å². The maximum atomic E-state index is 12.8. The molecule has 65 heavy (non-hydrogen) atoms. The number of quaternary nitrogens is 1. The fraction of sp³-hybridized carbons (Fsp3) is 0.625. The quantitative estimate of drug-likeness (QED) is 0.0214. The highest BCUT2D eigenvalue weighted by Crippen LogP contribution is 2.43. The third-order valence-corrected chi connectivity index (χ3v) is 11.0. The Morgan fingerprint density at radius 3 is 1.26 bits per heavy atom. The topological polar surface area (TPSA) is 91.3 Å². The zero-order valence-corrected chi connectivity index (χ0v) is 42.8. The fourth-order valence-electron chi connectivity index (χ4n) is 6.19. The molecule has 0 rings (SSSR count). The van der Waals surface area contributed by atoms with Crippen LogP contribution in [0.1, 0.15) is 168 Å². The third kappa shape index (κ3) is 51.7. The molecule has 0 heterocycles. The standard InChI is InChI=1S/C56H94NO7P/c1-6-8-10-12-14-16-18-20-22-24-26-28-29-30-31-33-35-37-39-41-43-45-47-49-56(58)64-55(54-63-65(59,60)62-52-50-57(3,4)5)53-61-51-48-46-44-42-40-38-36-34-32-27-25-23-21-19-17-15-13-11-9-7-2/h8-11,14-17,20-23,26-28,30-32,35,37,55H,6-7,12-13,18-19,24-25,29,33-34,36,38-54H2,1-5H3/p+1/b10-8-,11-9-,16-14-,17-15-,22-20-,23-21-,28-26-,31-30-,32-27-,37-35-. The van der Waals surface area contributed by atoms with Crippen LogP contribution in [0.25, 0.3) is 0 Å². The molecule has 8 nitrogen and oxygen atoms in total. The van der Waals surface area contributed by atoms with Gasteiger partial charge in [-0.2, -0.15) is 0 Å². The third-order valence-electron chi connectivity index (χ3n) is 10.0. The Morgan fingerprint density at radius 1 is 0.477 bits per heavy atom. The number of likely N-dealkylation sites (N-methyl/N-ethyl adjacent to an activating group) is 1. The monoisotopic (exact) mass is 925 g/mol. The van der Waals surface area contributed by atoms with E-state index in [2.05, 4.69) is 135 Å². The Balaban J connectivity index is 4.28. The lowest BCUT2D eigenvalue weighted by molar-refractivity contribution is -0.870. The number of hydrogen-bond donors (Lipinski definition) is 1. The summed E-state index contributed by atoms with van der Waals surface area (Å²) < 4.78 is 35.1. The molecule has 0 aromatic heterocycles. The Bertz CT molecular complexity index is 1450. The minimum Gasteiger partial charge on any atom is -0.457 e. The normalized spacial score (nSPS) is 14.6. The summed E-state index contributed by atoms with van der Waals surface area (Å²) in [6, 6.07) is 0. The molecular weight excluding hydrogens is 830 g/mol. The maximum absolute atomic E-state index is 12.8. The van der Waals surface area contributed by atoms with Gasteiger partial charge in [0.25, 0.3) is 0 Å². The molecule has 2 atom stereocenters. The van der Waals surface area contributed by atoms with Crippen molar-refractivity contribution in [3.05, 3.63) is 122 Å². The minimum absolute atomic E-state index is 0.0730. The van der Waals surface area contributed by atoms with E-state index < -0.39 is 13.9 Å². The van der Waals surface area contributed by atoms with Crippen LogP contribution in [0.4, 0.5) is 0 Å². The summed E-state index contributed by atoms with van der Waals surface area (Å²) in [5.74, 6) is -0.347. The molecule has 0 aliphatic heterocycles. The number of carbonyl (C=O) groups is 1. The van der Waals surface area contributed by atoms with Gasteiger partial charge in [0.05, 0.1) is 34.4 Å². The van der Waals surface area contributed by atoms with E-state index in [0.717, 1.165) is 122 Å². The van der Waals surface area contributed by atoms with Gasteiger partial charge in [0.15, 0.2) is 0 Å². The van der Waals surface area contributed by atoms with Crippen molar-refractivity contribution >= 4 is 13.8 Å². The van der Waals surface area contributed by atoms with E-state index in [4.69, 9.17) is 18.5 Å². The van der Waals surface area contributed by atoms with E-state index >= 15 is 0 Å². The first-order chi connectivity index (χ1) is 31.6. The molecule has 9 heteroatoms. The van der Waals surface area contributed by atoms with Crippen LogP contribution in [0.3, 0.4) is 0 Å². The molecule has 0 saturated carbocycles. The predicted octanol–water partition coefficient (Wildman–Crippen LogP) is 15.7. The Morgan fingerprint density at radius 2 is 0.846 bits per heavy atom. The van der Waals surface area contributed by atoms with Gasteiger partial charge >= 0.3 is 13.8 Å². The summed E-state index contributed by atoms with van der Waals surface area (Å²) in [5, 5.41) is 0. The van der Waals surface area contributed by atoms with Crippen LogP contribution >= 0.6 is 7.82 Å². The molecule has 2 unspecified atom stereocenters. The number of unbranched alkanes of at least 4 members (excludes halogenated alkanes) is 11. The van der Waals surface area contributed by atoms with Crippen molar-refractivity contribution in [2.75, 3.05) is 54.1 Å². The van der Waals surface area contributed by atoms with E-state index in [1.54, 1.807) is 0 Å². The van der Waals surface area contributed by atoms with Crippen molar-refractivity contribution in [3.63, 3.8) is 0 Å². The minimum atomic E-state index is -4.30. The SMILES string of the molecule is CC/C=C\C/C=C\C/C=C\C/C=C\C/C=C\C/C=C\CCCCCCC(=O)OC(COCCCCCCCCC/C=C\C/C=C\C/C=C\C/C=C\CC)COP(=O)(O)OCC[N+](C)(C)C. The van der Waals surface area contributed by atoms with E-state index in [1.165, 1.54) is 25.7 Å². The fourth-order valence-corrected chi connectivity index (χ4v) is 6.93. The molecule has 0 amide bonds. The Labute approximate surface area is 399 Å². The van der Waals surface area contributed by atoms with Crippen LogP contribution in [0.15, 0.2) is 122 Å². The number of phosphoric ester groups is 1. The number of esters is 1. The van der Waals surface area contributed by atoms with Crippen molar-refractivity contribution < 1.29 is 37.3 Å². The molecule has 0 aromatic carbocycles. The molecule has 0 bridgehead atoms. The van der Waals surface area contributed by atoms with Crippen molar-refractivity contribution in [1.82, 2.24) is 0 Å².